The third-order valence-electron chi connectivity index (χ3n) is 4.04. The van der Waals surface area contributed by atoms with E-state index in [1.165, 1.54) is 31.5 Å². The molecule has 124 valence electrons. The molecule has 1 atom stereocenters. The number of aryl methyl sites for hydroxylation is 1. The Morgan fingerprint density at radius 3 is 2.95 bits per heavy atom. The molecule has 0 bridgehead atoms. The van der Waals surface area contributed by atoms with Gasteiger partial charge in [-0.15, -0.1) is 24.0 Å². The van der Waals surface area contributed by atoms with Crippen molar-refractivity contribution in [2.75, 3.05) is 31.5 Å². The van der Waals surface area contributed by atoms with Crippen LogP contribution in [0.15, 0.2) is 29.3 Å². The van der Waals surface area contributed by atoms with Gasteiger partial charge in [0.05, 0.1) is 0 Å². The highest BCUT2D eigenvalue weighted by Gasteiger charge is 2.21. The molecule has 1 aliphatic heterocycles. The van der Waals surface area contributed by atoms with Crippen molar-refractivity contribution in [1.29, 1.82) is 0 Å². The van der Waals surface area contributed by atoms with E-state index >= 15 is 0 Å². The fraction of sp³-hybridized carbons (Fsp3) is 0.588. The summed E-state index contributed by atoms with van der Waals surface area (Å²) in [7, 11) is 0. The first-order valence-electron chi connectivity index (χ1n) is 8.09. The smallest absolute Gasteiger partial charge is 0.193 e. The summed E-state index contributed by atoms with van der Waals surface area (Å²) >= 11 is 0. The van der Waals surface area contributed by atoms with Gasteiger partial charge < -0.3 is 16.0 Å². The Morgan fingerprint density at radius 1 is 1.41 bits per heavy atom. The normalized spacial score (nSPS) is 19.0. The van der Waals surface area contributed by atoms with E-state index in [2.05, 4.69) is 41.2 Å². The van der Waals surface area contributed by atoms with Crippen molar-refractivity contribution >= 4 is 35.6 Å². The van der Waals surface area contributed by atoms with Gasteiger partial charge in [0.25, 0.3) is 0 Å². The maximum atomic E-state index is 5.99. The first-order valence-corrected chi connectivity index (χ1v) is 8.09. The predicted octanol–water partition coefficient (Wildman–Crippen LogP) is 3.33. The Balaban J connectivity index is 0.00000242. The number of aliphatic imine (C=N–C) groups is 1. The molecule has 2 rings (SSSR count). The van der Waals surface area contributed by atoms with Crippen LogP contribution in [0, 0.1) is 5.92 Å². The topological polar surface area (TPSA) is 53.6 Å². The first kappa shape index (κ1) is 19.2. The van der Waals surface area contributed by atoms with Crippen LogP contribution in [0.2, 0.25) is 0 Å². The summed E-state index contributed by atoms with van der Waals surface area (Å²) in [4.78, 5) is 7.03. The molecule has 0 aromatic heterocycles. The van der Waals surface area contributed by atoms with Crippen LogP contribution in [0.25, 0.3) is 0 Å². The van der Waals surface area contributed by atoms with E-state index < -0.39 is 0 Å². The number of nitrogens with one attached hydrogen (secondary N) is 1. The molecule has 0 radical (unpaired) electrons. The Kier molecular flexibility index (Phi) is 8.78. The summed E-state index contributed by atoms with van der Waals surface area (Å²) in [6.07, 6.45) is 3.50. The molecule has 22 heavy (non-hydrogen) atoms. The number of rotatable bonds is 6. The minimum Gasteiger partial charge on any atom is -0.370 e. The van der Waals surface area contributed by atoms with Crippen molar-refractivity contribution in [2.24, 2.45) is 16.6 Å². The molecule has 5 heteroatoms. The maximum absolute atomic E-state index is 5.99. The fourth-order valence-corrected chi connectivity index (χ4v) is 2.87. The Morgan fingerprint density at radius 2 is 2.23 bits per heavy atom. The van der Waals surface area contributed by atoms with E-state index in [-0.39, 0.29) is 24.0 Å². The molecule has 0 amide bonds. The maximum Gasteiger partial charge on any atom is 0.193 e. The number of hydrogen-bond acceptors (Lipinski definition) is 2. The predicted molar refractivity (Wildman–Crippen MR) is 106 cm³/mol. The molecular weight excluding hydrogens is 387 g/mol. The van der Waals surface area contributed by atoms with Crippen LogP contribution in [0.4, 0.5) is 5.69 Å². The van der Waals surface area contributed by atoms with E-state index in [0.717, 1.165) is 25.2 Å². The lowest BCUT2D eigenvalue weighted by Crippen LogP contribution is -2.25. The molecule has 4 nitrogen and oxygen atoms in total. The molecular formula is C17H29IN4. The second kappa shape index (κ2) is 10.0. The number of anilines is 1. The van der Waals surface area contributed by atoms with E-state index in [0.29, 0.717) is 11.9 Å². The van der Waals surface area contributed by atoms with Gasteiger partial charge in [0.15, 0.2) is 5.96 Å². The van der Waals surface area contributed by atoms with E-state index in [1.54, 1.807) is 0 Å². The van der Waals surface area contributed by atoms with Crippen LogP contribution in [0.1, 0.15) is 32.3 Å². The van der Waals surface area contributed by atoms with E-state index in [1.807, 2.05) is 12.1 Å². The lowest BCUT2D eigenvalue weighted by atomic mass is 10.1. The van der Waals surface area contributed by atoms with E-state index in [9.17, 15) is 0 Å². The average Bonchev–Trinajstić information content (AvgIpc) is 2.93. The van der Waals surface area contributed by atoms with Crippen molar-refractivity contribution < 1.29 is 0 Å². The Hall–Kier alpha value is -0.820. The molecule has 3 N–H and O–H groups in total. The minimum absolute atomic E-state index is 0. The number of nitrogens with two attached hydrogens (primary N) is 1. The Labute approximate surface area is 151 Å². The third-order valence-corrected chi connectivity index (χ3v) is 4.04. The number of benzene rings is 1. The zero-order valence-electron chi connectivity index (χ0n) is 13.7. The van der Waals surface area contributed by atoms with Gasteiger partial charge in [-0.3, -0.25) is 4.99 Å². The first-order chi connectivity index (χ1) is 10.2. The average molecular weight is 416 g/mol. The summed E-state index contributed by atoms with van der Waals surface area (Å²) in [6.45, 7) is 8.79. The number of nitrogens with zero attached hydrogens (tertiary/aromatic N) is 2. The molecule has 1 unspecified atom stereocenters. The van der Waals surface area contributed by atoms with Crippen molar-refractivity contribution in [3.8, 4) is 0 Å². The van der Waals surface area contributed by atoms with Gasteiger partial charge in [0.1, 0.15) is 0 Å². The second-order valence-corrected chi connectivity index (χ2v) is 5.86. The summed E-state index contributed by atoms with van der Waals surface area (Å²) in [6, 6.07) is 8.33. The van der Waals surface area contributed by atoms with Crippen molar-refractivity contribution in [2.45, 2.75) is 33.1 Å². The molecule has 0 spiro atoms. The zero-order chi connectivity index (χ0) is 15.1. The van der Waals surface area contributed by atoms with Gasteiger partial charge in [-0.05, 0) is 56.0 Å². The highest BCUT2D eigenvalue weighted by Crippen LogP contribution is 2.16. The number of hydrogen-bond donors (Lipinski definition) is 2. The third kappa shape index (κ3) is 6.12. The van der Waals surface area contributed by atoms with Gasteiger partial charge in [0, 0.05) is 18.8 Å². The van der Waals surface area contributed by atoms with Crippen LogP contribution in [0.5, 0.6) is 0 Å². The largest absolute Gasteiger partial charge is 0.370 e. The summed E-state index contributed by atoms with van der Waals surface area (Å²) in [5.41, 5.74) is 8.32. The lowest BCUT2D eigenvalue weighted by Gasteiger charge is -2.13. The van der Waals surface area contributed by atoms with Gasteiger partial charge in [0.2, 0.25) is 0 Å². The van der Waals surface area contributed by atoms with Crippen LogP contribution in [0.3, 0.4) is 0 Å². The van der Waals surface area contributed by atoms with Crippen molar-refractivity contribution in [3.63, 3.8) is 0 Å². The van der Waals surface area contributed by atoms with Crippen LogP contribution in [-0.2, 0) is 6.42 Å². The van der Waals surface area contributed by atoms with Crippen molar-refractivity contribution in [3.05, 3.63) is 29.8 Å². The molecule has 1 fully saturated rings. The minimum atomic E-state index is 0. The lowest BCUT2D eigenvalue weighted by molar-refractivity contribution is 0.326. The standard InChI is InChI=1S/C17H28N4.HI/c1-3-9-21-10-8-15(13-21)12-19-17(18)20-16-7-5-6-14(4-2)11-16;/h5-7,11,15H,3-4,8-10,12-13H2,1-2H3,(H3,18,19,20);1H. The number of halogens is 1. The summed E-state index contributed by atoms with van der Waals surface area (Å²) in [5, 5.41) is 3.19. The molecule has 1 aliphatic rings. The van der Waals surface area contributed by atoms with Crippen LogP contribution in [-0.4, -0.2) is 37.0 Å². The molecule has 0 saturated carbocycles. The highest BCUT2D eigenvalue weighted by atomic mass is 127. The van der Waals surface area contributed by atoms with Crippen molar-refractivity contribution in [1.82, 2.24) is 4.90 Å². The SMILES string of the molecule is CCCN1CCC(CN=C(N)Nc2cccc(CC)c2)C1.I. The number of likely N-dealkylation sites (tertiary alicyclic amines) is 1. The van der Waals surface area contributed by atoms with Crippen LogP contribution >= 0.6 is 24.0 Å². The molecule has 1 heterocycles. The van der Waals surface area contributed by atoms with Gasteiger partial charge in [-0.1, -0.05) is 26.0 Å². The summed E-state index contributed by atoms with van der Waals surface area (Å²) < 4.78 is 0. The molecule has 1 saturated heterocycles. The molecule has 1 aromatic carbocycles. The highest BCUT2D eigenvalue weighted by molar-refractivity contribution is 14.0. The fourth-order valence-electron chi connectivity index (χ4n) is 2.87. The number of guanidine groups is 1. The monoisotopic (exact) mass is 416 g/mol. The quantitative estimate of drug-likeness (QED) is 0.425. The zero-order valence-corrected chi connectivity index (χ0v) is 16.0. The van der Waals surface area contributed by atoms with Gasteiger partial charge in [-0.25, -0.2) is 0 Å². The summed E-state index contributed by atoms with van der Waals surface area (Å²) in [5.74, 6) is 1.18. The van der Waals surface area contributed by atoms with Crippen LogP contribution < -0.4 is 11.1 Å². The van der Waals surface area contributed by atoms with E-state index in [4.69, 9.17) is 5.73 Å². The van der Waals surface area contributed by atoms with Gasteiger partial charge >= 0.3 is 0 Å². The molecule has 1 aromatic rings. The molecule has 0 aliphatic carbocycles. The second-order valence-electron chi connectivity index (χ2n) is 5.86. The Bertz CT molecular complexity index is 475. The van der Waals surface area contributed by atoms with Gasteiger partial charge in [-0.2, -0.15) is 0 Å².